The summed E-state index contributed by atoms with van der Waals surface area (Å²) in [5.41, 5.74) is 3.61. The average molecular weight is 415 g/mol. The highest BCUT2D eigenvalue weighted by molar-refractivity contribution is 5.54. The van der Waals surface area contributed by atoms with E-state index in [1.165, 1.54) is 24.0 Å². The molecule has 0 atom stereocenters. The van der Waals surface area contributed by atoms with Crippen LogP contribution < -0.4 is 9.47 Å². The minimum Gasteiger partial charge on any atom is -0.489 e. The molecule has 31 heavy (non-hydrogen) atoms. The highest BCUT2D eigenvalue weighted by Gasteiger charge is 2.18. The Morgan fingerprint density at radius 2 is 1.68 bits per heavy atom. The van der Waals surface area contributed by atoms with Crippen molar-refractivity contribution >= 4 is 6.08 Å². The molecule has 0 unspecified atom stereocenters. The van der Waals surface area contributed by atoms with Gasteiger partial charge in [-0.2, -0.15) is 0 Å². The molecule has 1 saturated heterocycles. The maximum absolute atomic E-state index is 5.96. The Hall–Kier alpha value is -3.11. The van der Waals surface area contributed by atoms with Gasteiger partial charge in [0.1, 0.15) is 12.4 Å². The fourth-order valence-electron chi connectivity index (χ4n) is 4.02. The molecule has 0 bridgehead atoms. The molecule has 160 valence electrons. The zero-order chi connectivity index (χ0) is 21.3. The summed E-state index contributed by atoms with van der Waals surface area (Å²) in [6, 6.07) is 22.6. The minimum absolute atomic E-state index is 0.579. The number of piperidine rings is 1. The Morgan fingerprint density at radius 3 is 2.48 bits per heavy atom. The number of likely N-dealkylation sites (tertiary alicyclic amines) is 1. The number of aromatic nitrogens is 1. The first-order valence-corrected chi connectivity index (χ1v) is 11.0. The summed E-state index contributed by atoms with van der Waals surface area (Å²) in [4.78, 5) is 6.80. The zero-order valence-corrected chi connectivity index (χ0v) is 18.1. The standard InChI is InChI=1S/C27H30N2O2/c1-30-27-24(10-7-17-28-27)20-29-18-15-22(16-19-29)13-14-23-8-5-6-9-25(23)21-31-26-11-3-2-4-12-26/h2-14,17,22H,15-16,18-21H2,1H3. The van der Waals surface area contributed by atoms with Crippen LogP contribution in [-0.4, -0.2) is 30.1 Å². The monoisotopic (exact) mass is 414 g/mol. The van der Waals surface area contributed by atoms with Gasteiger partial charge in [0.05, 0.1) is 7.11 Å². The summed E-state index contributed by atoms with van der Waals surface area (Å²) >= 11 is 0. The van der Waals surface area contributed by atoms with Crippen LogP contribution in [0.3, 0.4) is 0 Å². The van der Waals surface area contributed by atoms with E-state index in [1.54, 1.807) is 13.3 Å². The third-order valence-electron chi connectivity index (χ3n) is 5.81. The lowest BCUT2D eigenvalue weighted by Crippen LogP contribution is -2.32. The van der Waals surface area contributed by atoms with Crippen LogP contribution in [-0.2, 0) is 13.2 Å². The predicted molar refractivity (Wildman–Crippen MR) is 125 cm³/mol. The molecular formula is C27H30N2O2. The molecule has 1 aromatic heterocycles. The van der Waals surface area contributed by atoms with Crippen LogP contribution in [0.25, 0.3) is 6.08 Å². The number of hydrogen-bond acceptors (Lipinski definition) is 4. The predicted octanol–water partition coefficient (Wildman–Crippen LogP) is 5.59. The van der Waals surface area contributed by atoms with E-state index in [1.807, 2.05) is 36.4 Å². The molecular weight excluding hydrogens is 384 g/mol. The lowest BCUT2D eigenvalue weighted by molar-refractivity contribution is 0.193. The third kappa shape index (κ3) is 5.96. The molecule has 0 spiro atoms. The SMILES string of the molecule is COc1ncccc1CN1CCC(C=Cc2ccccc2COc2ccccc2)CC1. The van der Waals surface area contributed by atoms with Gasteiger partial charge in [-0.1, -0.05) is 60.7 Å². The van der Waals surface area contributed by atoms with E-state index in [0.717, 1.165) is 36.8 Å². The van der Waals surface area contributed by atoms with Gasteiger partial charge in [0.15, 0.2) is 0 Å². The molecule has 0 radical (unpaired) electrons. The highest BCUT2D eigenvalue weighted by atomic mass is 16.5. The zero-order valence-electron chi connectivity index (χ0n) is 18.1. The van der Waals surface area contributed by atoms with Crippen LogP contribution in [0.1, 0.15) is 29.5 Å². The Balaban J connectivity index is 1.31. The van der Waals surface area contributed by atoms with Gasteiger partial charge in [0, 0.05) is 18.3 Å². The summed E-state index contributed by atoms with van der Waals surface area (Å²) in [6.07, 6.45) is 8.77. The van der Waals surface area contributed by atoms with E-state index in [4.69, 9.17) is 9.47 Å². The first-order chi connectivity index (χ1) is 15.3. The quantitative estimate of drug-likeness (QED) is 0.481. The molecule has 2 aromatic carbocycles. The Labute approximate surface area is 185 Å². The van der Waals surface area contributed by atoms with Crippen molar-refractivity contribution in [2.24, 2.45) is 5.92 Å². The molecule has 0 aliphatic carbocycles. The first-order valence-electron chi connectivity index (χ1n) is 11.0. The Bertz CT molecular complexity index is 979. The first kappa shape index (κ1) is 21.1. The number of nitrogens with zero attached hydrogens (tertiary/aromatic N) is 2. The van der Waals surface area contributed by atoms with Crippen molar-refractivity contribution in [3.8, 4) is 11.6 Å². The van der Waals surface area contributed by atoms with Gasteiger partial charge in [0.25, 0.3) is 0 Å². The van der Waals surface area contributed by atoms with Crippen molar-refractivity contribution in [3.05, 3.63) is 95.7 Å². The van der Waals surface area contributed by atoms with Crippen molar-refractivity contribution in [1.82, 2.24) is 9.88 Å². The molecule has 4 heteroatoms. The summed E-state index contributed by atoms with van der Waals surface area (Å²) in [5, 5.41) is 0. The van der Waals surface area contributed by atoms with Crippen molar-refractivity contribution < 1.29 is 9.47 Å². The number of allylic oxidation sites excluding steroid dienone is 1. The van der Waals surface area contributed by atoms with E-state index < -0.39 is 0 Å². The topological polar surface area (TPSA) is 34.6 Å². The van der Waals surface area contributed by atoms with Gasteiger partial charge in [0.2, 0.25) is 5.88 Å². The molecule has 3 aromatic rings. The second-order valence-corrected chi connectivity index (χ2v) is 7.95. The van der Waals surface area contributed by atoms with Crippen LogP contribution in [0.15, 0.2) is 79.0 Å². The maximum Gasteiger partial charge on any atom is 0.217 e. The van der Waals surface area contributed by atoms with Crippen LogP contribution in [0.2, 0.25) is 0 Å². The molecule has 1 aliphatic heterocycles. The summed E-state index contributed by atoms with van der Waals surface area (Å²) in [5.74, 6) is 2.24. The van der Waals surface area contributed by atoms with Crippen LogP contribution in [0.4, 0.5) is 0 Å². The van der Waals surface area contributed by atoms with Gasteiger partial charge < -0.3 is 9.47 Å². The Kier molecular flexibility index (Phi) is 7.35. The van der Waals surface area contributed by atoms with Crippen molar-refractivity contribution in [2.75, 3.05) is 20.2 Å². The molecule has 1 fully saturated rings. The number of ether oxygens (including phenoxy) is 2. The molecule has 1 aliphatic rings. The van der Waals surface area contributed by atoms with Gasteiger partial charge in [-0.25, -0.2) is 4.98 Å². The second kappa shape index (κ2) is 10.8. The van der Waals surface area contributed by atoms with Crippen LogP contribution in [0, 0.1) is 5.92 Å². The summed E-state index contributed by atoms with van der Waals surface area (Å²) in [7, 11) is 1.69. The van der Waals surface area contributed by atoms with Gasteiger partial charge in [-0.15, -0.1) is 0 Å². The van der Waals surface area contributed by atoms with Crippen LogP contribution in [0.5, 0.6) is 11.6 Å². The van der Waals surface area contributed by atoms with Crippen molar-refractivity contribution in [1.29, 1.82) is 0 Å². The number of methoxy groups -OCH3 is 1. The van der Waals surface area contributed by atoms with E-state index in [-0.39, 0.29) is 0 Å². The van der Waals surface area contributed by atoms with E-state index in [9.17, 15) is 0 Å². The van der Waals surface area contributed by atoms with Gasteiger partial charge in [-0.3, -0.25) is 4.90 Å². The number of pyridine rings is 1. The molecule has 0 saturated carbocycles. The summed E-state index contributed by atoms with van der Waals surface area (Å²) < 4.78 is 11.4. The molecule has 4 rings (SSSR count). The van der Waals surface area contributed by atoms with E-state index >= 15 is 0 Å². The van der Waals surface area contributed by atoms with Crippen molar-refractivity contribution in [2.45, 2.75) is 26.0 Å². The van der Waals surface area contributed by atoms with Gasteiger partial charge in [-0.05, 0) is 61.2 Å². The number of benzene rings is 2. The number of hydrogen-bond donors (Lipinski definition) is 0. The second-order valence-electron chi connectivity index (χ2n) is 7.95. The van der Waals surface area contributed by atoms with E-state index in [2.05, 4.69) is 52.4 Å². The molecule has 2 heterocycles. The lowest BCUT2D eigenvalue weighted by Gasteiger charge is -2.30. The Morgan fingerprint density at radius 1 is 0.935 bits per heavy atom. The molecule has 4 nitrogen and oxygen atoms in total. The molecule has 0 amide bonds. The lowest BCUT2D eigenvalue weighted by atomic mass is 9.94. The smallest absolute Gasteiger partial charge is 0.217 e. The fraction of sp³-hybridized carbons (Fsp3) is 0.296. The van der Waals surface area contributed by atoms with Crippen molar-refractivity contribution in [3.63, 3.8) is 0 Å². The maximum atomic E-state index is 5.96. The average Bonchev–Trinajstić information content (AvgIpc) is 2.84. The third-order valence-corrected chi connectivity index (χ3v) is 5.81. The highest BCUT2D eigenvalue weighted by Crippen LogP contribution is 2.24. The van der Waals surface area contributed by atoms with Crippen LogP contribution >= 0.6 is 0 Å². The normalized spacial score (nSPS) is 15.3. The fourth-order valence-corrected chi connectivity index (χ4v) is 4.02. The van der Waals surface area contributed by atoms with Gasteiger partial charge >= 0.3 is 0 Å². The van der Waals surface area contributed by atoms with E-state index in [0.29, 0.717) is 12.5 Å². The molecule has 0 N–H and O–H groups in total. The number of para-hydroxylation sites is 1. The largest absolute Gasteiger partial charge is 0.489 e. The number of rotatable bonds is 8. The minimum atomic E-state index is 0.579. The summed E-state index contributed by atoms with van der Waals surface area (Å²) in [6.45, 7) is 3.65.